The van der Waals surface area contributed by atoms with E-state index in [2.05, 4.69) is 5.32 Å². The lowest BCUT2D eigenvalue weighted by Crippen LogP contribution is -2.54. The van der Waals surface area contributed by atoms with E-state index in [9.17, 15) is 18.0 Å². The van der Waals surface area contributed by atoms with Crippen LogP contribution < -0.4 is 5.32 Å². The van der Waals surface area contributed by atoms with Crippen molar-refractivity contribution in [1.29, 1.82) is 0 Å². The molecule has 1 N–H and O–H groups in total. The minimum absolute atomic E-state index is 0.00388. The molecule has 0 saturated carbocycles. The molecule has 0 spiro atoms. The zero-order valence-electron chi connectivity index (χ0n) is 14.2. The third-order valence-corrected chi connectivity index (χ3v) is 5.59. The average molecular weight is 353 g/mol. The number of carbonyl (C=O) groups excluding carboxylic acids is 2. The lowest BCUT2D eigenvalue weighted by molar-refractivity contribution is -0.138. The number of piperazine rings is 1. The van der Waals surface area contributed by atoms with Crippen LogP contribution in [0.15, 0.2) is 29.2 Å². The van der Waals surface area contributed by atoms with E-state index < -0.39 is 10.0 Å². The van der Waals surface area contributed by atoms with Gasteiger partial charge in [-0.1, -0.05) is 17.7 Å². The van der Waals surface area contributed by atoms with Crippen LogP contribution in [0.25, 0.3) is 0 Å². The predicted molar refractivity (Wildman–Crippen MR) is 89.8 cm³/mol. The Morgan fingerprint density at radius 1 is 1.21 bits per heavy atom. The lowest BCUT2D eigenvalue weighted by atomic mass is 10.2. The topological polar surface area (TPSA) is 86.8 Å². The summed E-state index contributed by atoms with van der Waals surface area (Å²) in [5.74, 6) is -0.607. The molecule has 8 heteroatoms. The summed E-state index contributed by atoms with van der Waals surface area (Å²) in [5.41, 5.74) is 0.964. The molecule has 0 aliphatic carbocycles. The summed E-state index contributed by atoms with van der Waals surface area (Å²) in [6, 6.07) is 6.52. The molecule has 0 aromatic heterocycles. The molecule has 1 heterocycles. The Bertz CT molecular complexity index is 713. The monoisotopic (exact) mass is 353 g/mol. The minimum atomic E-state index is -3.70. The third-order valence-electron chi connectivity index (χ3n) is 3.73. The van der Waals surface area contributed by atoms with E-state index >= 15 is 0 Å². The largest absolute Gasteiger partial charge is 0.352 e. The van der Waals surface area contributed by atoms with E-state index in [0.717, 1.165) is 9.87 Å². The molecular formula is C16H23N3O4S. The highest BCUT2D eigenvalue weighted by Crippen LogP contribution is 2.18. The summed E-state index contributed by atoms with van der Waals surface area (Å²) in [7, 11) is -3.70. The second kappa shape index (κ2) is 7.31. The molecular weight excluding hydrogens is 330 g/mol. The quantitative estimate of drug-likeness (QED) is 0.828. The molecule has 0 unspecified atom stereocenters. The SMILES string of the molecule is Cc1ccc(S(=O)(=O)N2CCN(CC(=O)NC(C)C)C(=O)C2)cc1. The number of sulfonamides is 1. The van der Waals surface area contributed by atoms with E-state index in [4.69, 9.17) is 0 Å². The normalized spacial score (nSPS) is 16.5. The Morgan fingerprint density at radius 2 is 1.83 bits per heavy atom. The predicted octanol–water partition coefficient (Wildman–Crippen LogP) is 0.353. The van der Waals surface area contributed by atoms with Crippen molar-refractivity contribution in [2.75, 3.05) is 26.2 Å². The molecule has 0 atom stereocenters. The van der Waals surface area contributed by atoms with E-state index in [1.54, 1.807) is 12.1 Å². The molecule has 7 nitrogen and oxygen atoms in total. The summed E-state index contributed by atoms with van der Waals surface area (Å²) >= 11 is 0. The molecule has 0 bridgehead atoms. The van der Waals surface area contributed by atoms with Crippen LogP contribution in [0.5, 0.6) is 0 Å². The number of hydrogen-bond acceptors (Lipinski definition) is 4. The Morgan fingerprint density at radius 3 is 2.38 bits per heavy atom. The van der Waals surface area contributed by atoms with Gasteiger partial charge in [0.05, 0.1) is 18.0 Å². The maximum Gasteiger partial charge on any atom is 0.243 e. The molecule has 0 radical (unpaired) electrons. The van der Waals surface area contributed by atoms with Gasteiger partial charge in [0.2, 0.25) is 21.8 Å². The standard InChI is InChI=1S/C16H23N3O4S/c1-12(2)17-15(20)10-18-8-9-19(11-16(18)21)24(22,23)14-6-4-13(3)5-7-14/h4-7,12H,8-11H2,1-3H3,(H,17,20). The van der Waals surface area contributed by atoms with Gasteiger partial charge in [-0.3, -0.25) is 9.59 Å². The fraction of sp³-hybridized carbons (Fsp3) is 0.500. The van der Waals surface area contributed by atoms with Crippen molar-refractivity contribution < 1.29 is 18.0 Å². The number of carbonyl (C=O) groups is 2. The van der Waals surface area contributed by atoms with Gasteiger partial charge < -0.3 is 10.2 Å². The molecule has 2 rings (SSSR count). The number of amides is 2. The van der Waals surface area contributed by atoms with Gasteiger partial charge in [-0.25, -0.2) is 8.42 Å². The summed E-state index contributed by atoms with van der Waals surface area (Å²) in [6.07, 6.45) is 0. The first kappa shape index (κ1) is 18.4. The summed E-state index contributed by atoms with van der Waals surface area (Å²) in [4.78, 5) is 25.5. The second-order valence-corrected chi connectivity index (χ2v) is 8.13. The van der Waals surface area contributed by atoms with Crippen molar-refractivity contribution in [2.24, 2.45) is 0 Å². The fourth-order valence-corrected chi connectivity index (χ4v) is 3.84. The van der Waals surface area contributed by atoms with Gasteiger partial charge in [-0.05, 0) is 32.9 Å². The minimum Gasteiger partial charge on any atom is -0.352 e. The zero-order valence-corrected chi connectivity index (χ0v) is 15.0. The van der Waals surface area contributed by atoms with E-state index in [1.165, 1.54) is 17.0 Å². The lowest BCUT2D eigenvalue weighted by Gasteiger charge is -2.33. The Balaban J connectivity index is 2.03. The Kier molecular flexibility index (Phi) is 5.61. The van der Waals surface area contributed by atoms with Gasteiger partial charge in [-0.2, -0.15) is 4.31 Å². The molecule has 1 aromatic carbocycles. The first-order chi connectivity index (χ1) is 11.2. The average Bonchev–Trinajstić information content (AvgIpc) is 2.49. The number of benzene rings is 1. The number of rotatable bonds is 5. The van der Waals surface area contributed by atoms with Crippen molar-refractivity contribution in [1.82, 2.24) is 14.5 Å². The van der Waals surface area contributed by atoms with Crippen LogP contribution in [0.1, 0.15) is 19.4 Å². The van der Waals surface area contributed by atoms with Crippen molar-refractivity contribution in [3.63, 3.8) is 0 Å². The van der Waals surface area contributed by atoms with Gasteiger partial charge in [0, 0.05) is 19.1 Å². The van der Waals surface area contributed by atoms with Gasteiger partial charge in [-0.15, -0.1) is 0 Å². The summed E-state index contributed by atoms with van der Waals surface area (Å²) in [6.45, 7) is 5.64. The van der Waals surface area contributed by atoms with Crippen LogP contribution in [0.4, 0.5) is 0 Å². The highest BCUT2D eigenvalue weighted by molar-refractivity contribution is 7.89. The number of aryl methyl sites for hydroxylation is 1. The van der Waals surface area contributed by atoms with Crippen molar-refractivity contribution >= 4 is 21.8 Å². The molecule has 132 valence electrons. The van der Waals surface area contributed by atoms with Gasteiger partial charge in [0.25, 0.3) is 0 Å². The molecule has 1 saturated heterocycles. The van der Waals surface area contributed by atoms with Crippen LogP contribution in [0.3, 0.4) is 0 Å². The number of hydrogen-bond donors (Lipinski definition) is 1. The third kappa shape index (κ3) is 4.33. The van der Waals surface area contributed by atoms with Crippen molar-refractivity contribution in [3.8, 4) is 0 Å². The molecule has 24 heavy (non-hydrogen) atoms. The molecule has 1 aliphatic heterocycles. The van der Waals surface area contributed by atoms with Gasteiger partial charge in [0.15, 0.2) is 0 Å². The van der Waals surface area contributed by atoms with Crippen LogP contribution in [0.2, 0.25) is 0 Å². The van der Waals surface area contributed by atoms with Crippen molar-refractivity contribution in [3.05, 3.63) is 29.8 Å². The van der Waals surface area contributed by atoms with Crippen molar-refractivity contribution in [2.45, 2.75) is 31.7 Å². The van der Waals surface area contributed by atoms with Crippen LogP contribution >= 0.6 is 0 Å². The smallest absolute Gasteiger partial charge is 0.243 e. The van der Waals surface area contributed by atoms with Gasteiger partial charge in [0.1, 0.15) is 0 Å². The summed E-state index contributed by atoms with van der Waals surface area (Å²) < 4.78 is 26.4. The van der Waals surface area contributed by atoms with E-state index in [1.807, 2.05) is 20.8 Å². The molecule has 1 fully saturated rings. The van der Waals surface area contributed by atoms with Crippen LogP contribution in [-0.4, -0.2) is 61.7 Å². The molecule has 1 aliphatic rings. The maximum absolute atomic E-state index is 12.6. The van der Waals surface area contributed by atoms with E-state index in [-0.39, 0.29) is 48.9 Å². The van der Waals surface area contributed by atoms with E-state index in [0.29, 0.717) is 0 Å². The Labute approximate surface area is 142 Å². The fourth-order valence-electron chi connectivity index (χ4n) is 2.46. The highest BCUT2D eigenvalue weighted by Gasteiger charge is 2.33. The highest BCUT2D eigenvalue weighted by atomic mass is 32.2. The molecule has 2 amide bonds. The molecule has 1 aromatic rings. The first-order valence-electron chi connectivity index (χ1n) is 7.84. The van der Waals surface area contributed by atoms with Crippen LogP contribution in [0, 0.1) is 6.92 Å². The zero-order chi connectivity index (χ0) is 17.9. The first-order valence-corrected chi connectivity index (χ1v) is 9.28. The second-order valence-electron chi connectivity index (χ2n) is 6.19. The maximum atomic E-state index is 12.6. The Hall–Kier alpha value is -1.93. The van der Waals surface area contributed by atoms with Gasteiger partial charge >= 0.3 is 0 Å². The summed E-state index contributed by atoms with van der Waals surface area (Å²) in [5, 5.41) is 2.72. The number of nitrogens with one attached hydrogen (secondary N) is 1. The number of nitrogens with zero attached hydrogens (tertiary/aromatic N) is 2. The van der Waals surface area contributed by atoms with Crippen LogP contribution in [-0.2, 0) is 19.6 Å².